The number of hydrogen-bond donors (Lipinski definition) is 0. The Bertz CT molecular complexity index is 848. The van der Waals surface area contributed by atoms with Gasteiger partial charge in [-0.1, -0.05) is 43.7 Å². The first-order chi connectivity index (χ1) is 13.5. The van der Waals surface area contributed by atoms with Crippen LogP contribution in [0.25, 0.3) is 0 Å². The van der Waals surface area contributed by atoms with Crippen molar-refractivity contribution >= 4 is 11.7 Å². The molecule has 0 N–H and O–H groups in total. The van der Waals surface area contributed by atoms with E-state index in [1.165, 1.54) is 11.1 Å². The molecule has 1 spiro atoms. The molecule has 1 atom stereocenters. The molecule has 5 heteroatoms. The first kappa shape index (κ1) is 18.9. The quantitative estimate of drug-likeness (QED) is 0.809. The number of nitrogens with zero attached hydrogens (tertiary/aromatic N) is 4. The van der Waals surface area contributed by atoms with Crippen molar-refractivity contribution in [3.05, 3.63) is 53.2 Å². The van der Waals surface area contributed by atoms with Crippen LogP contribution >= 0.6 is 0 Å². The summed E-state index contributed by atoms with van der Waals surface area (Å²) in [7, 11) is 0. The Balaban J connectivity index is 1.47. The second-order valence-electron chi connectivity index (χ2n) is 8.74. The molecule has 1 aromatic heterocycles. The Morgan fingerprint density at radius 1 is 1.11 bits per heavy atom. The van der Waals surface area contributed by atoms with Crippen molar-refractivity contribution in [3.63, 3.8) is 0 Å². The highest BCUT2D eigenvalue weighted by molar-refractivity contribution is 5.85. The summed E-state index contributed by atoms with van der Waals surface area (Å²) in [5.74, 6) is 1.58. The first-order valence-electron chi connectivity index (χ1n) is 10.4. The van der Waals surface area contributed by atoms with E-state index < -0.39 is 0 Å². The molecule has 5 nitrogen and oxygen atoms in total. The Morgan fingerprint density at radius 2 is 1.96 bits per heavy atom. The molecule has 148 valence electrons. The van der Waals surface area contributed by atoms with Crippen LogP contribution in [-0.2, 0) is 11.3 Å². The summed E-state index contributed by atoms with van der Waals surface area (Å²) in [5.41, 5.74) is 3.21. The molecular formula is C23H30N4O. The van der Waals surface area contributed by atoms with E-state index in [2.05, 4.69) is 77.2 Å². The molecule has 0 bridgehead atoms. The Morgan fingerprint density at radius 3 is 2.68 bits per heavy atom. The maximum absolute atomic E-state index is 13.4. The lowest BCUT2D eigenvalue weighted by Gasteiger charge is -2.39. The second-order valence-corrected chi connectivity index (χ2v) is 8.74. The van der Waals surface area contributed by atoms with Gasteiger partial charge in [-0.25, -0.2) is 0 Å². The lowest BCUT2D eigenvalue weighted by Crippen LogP contribution is -2.49. The van der Waals surface area contributed by atoms with Crippen molar-refractivity contribution in [2.24, 2.45) is 5.41 Å². The summed E-state index contributed by atoms with van der Waals surface area (Å²) in [6.45, 7) is 9.55. The molecule has 2 aromatic rings. The number of likely N-dealkylation sites (tertiary alicyclic amines) is 1. The van der Waals surface area contributed by atoms with Gasteiger partial charge < -0.3 is 9.80 Å². The third kappa shape index (κ3) is 3.62. The molecule has 2 saturated heterocycles. The number of benzene rings is 1. The molecule has 4 rings (SSSR count). The fourth-order valence-corrected chi connectivity index (χ4v) is 4.59. The van der Waals surface area contributed by atoms with Crippen LogP contribution in [0.1, 0.15) is 55.8 Å². The van der Waals surface area contributed by atoms with Gasteiger partial charge in [-0.05, 0) is 49.8 Å². The highest BCUT2D eigenvalue weighted by atomic mass is 16.2. The molecule has 0 radical (unpaired) electrons. The van der Waals surface area contributed by atoms with E-state index in [9.17, 15) is 4.79 Å². The average Bonchev–Trinajstić information content (AvgIpc) is 3.11. The average molecular weight is 379 g/mol. The zero-order valence-electron chi connectivity index (χ0n) is 17.2. The number of amides is 1. The minimum Gasteiger partial charge on any atom is -0.354 e. The van der Waals surface area contributed by atoms with Crippen molar-refractivity contribution in [1.29, 1.82) is 0 Å². The van der Waals surface area contributed by atoms with Crippen LogP contribution in [0.5, 0.6) is 0 Å². The lowest BCUT2D eigenvalue weighted by atomic mass is 9.78. The number of carbonyl (C=O) groups is 1. The molecule has 0 saturated carbocycles. The molecule has 28 heavy (non-hydrogen) atoms. The van der Waals surface area contributed by atoms with Crippen LogP contribution in [0, 0.1) is 12.3 Å². The molecule has 2 aliphatic heterocycles. The Hall–Kier alpha value is -2.43. The summed E-state index contributed by atoms with van der Waals surface area (Å²) < 4.78 is 0. The molecule has 1 aromatic carbocycles. The molecule has 2 fully saturated rings. The number of aromatic nitrogens is 2. The fraction of sp³-hybridized carbons (Fsp3) is 0.522. The number of hydrogen-bond acceptors (Lipinski definition) is 4. The lowest BCUT2D eigenvalue weighted by molar-refractivity contribution is -0.145. The van der Waals surface area contributed by atoms with Crippen molar-refractivity contribution in [2.75, 3.05) is 24.5 Å². The van der Waals surface area contributed by atoms with Gasteiger partial charge in [0.2, 0.25) is 5.91 Å². The van der Waals surface area contributed by atoms with E-state index in [0.29, 0.717) is 18.4 Å². The topological polar surface area (TPSA) is 49.3 Å². The van der Waals surface area contributed by atoms with Gasteiger partial charge in [0.15, 0.2) is 5.82 Å². The van der Waals surface area contributed by atoms with Gasteiger partial charge >= 0.3 is 0 Å². The molecule has 0 unspecified atom stereocenters. The van der Waals surface area contributed by atoms with Gasteiger partial charge in [0.05, 0.1) is 11.1 Å². The van der Waals surface area contributed by atoms with E-state index in [0.717, 1.165) is 50.4 Å². The Kier molecular flexibility index (Phi) is 5.09. The van der Waals surface area contributed by atoms with Gasteiger partial charge in [0.25, 0.3) is 0 Å². The summed E-state index contributed by atoms with van der Waals surface area (Å²) >= 11 is 0. The van der Waals surface area contributed by atoms with Gasteiger partial charge in [-0.2, -0.15) is 5.10 Å². The van der Waals surface area contributed by atoms with E-state index in [1.54, 1.807) is 0 Å². The van der Waals surface area contributed by atoms with Crippen LogP contribution in [0.4, 0.5) is 5.82 Å². The first-order valence-corrected chi connectivity index (χ1v) is 10.4. The Labute approximate surface area is 167 Å². The third-order valence-corrected chi connectivity index (χ3v) is 6.22. The highest BCUT2D eigenvalue weighted by Crippen LogP contribution is 2.41. The summed E-state index contributed by atoms with van der Waals surface area (Å²) in [6.07, 6.45) is 2.96. The molecule has 2 aliphatic rings. The fourth-order valence-electron chi connectivity index (χ4n) is 4.59. The van der Waals surface area contributed by atoms with Gasteiger partial charge in [-0.3, -0.25) is 4.79 Å². The normalized spacial score (nSPS) is 22.5. The number of rotatable bonds is 4. The van der Waals surface area contributed by atoms with Gasteiger partial charge in [0, 0.05) is 26.2 Å². The molecule has 3 heterocycles. The van der Waals surface area contributed by atoms with E-state index >= 15 is 0 Å². The van der Waals surface area contributed by atoms with Crippen LogP contribution < -0.4 is 4.90 Å². The van der Waals surface area contributed by atoms with E-state index in [1.807, 2.05) is 0 Å². The smallest absolute Gasteiger partial charge is 0.230 e. The van der Waals surface area contributed by atoms with Crippen LogP contribution in [0.2, 0.25) is 0 Å². The molecular weight excluding hydrogens is 348 g/mol. The van der Waals surface area contributed by atoms with Crippen molar-refractivity contribution in [3.8, 4) is 0 Å². The van der Waals surface area contributed by atoms with Crippen LogP contribution in [0.3, 0.4) is 0 Å². The number of piperidine rings is 1. The number of carbonyl (C=O) groups excluding carboxylic acids is 1. The SMILES string of the molecule is Cc1cccc(CN2CCC[C@@]3(CCN(c4ccc(C(C)C)nn4)C3)C2=O)c1. The van der Waals surface area contributed by atoms with Gasteiger partial charge in [0.1, 0.15) is 0 Å². The van der Waals surface area contributed by atoms with E-state index in [-0.39, 0.29) is 5.41 Å². The minimum atomic E-state index is -0.263. The second kappa shape index (κ2) is 7.53. The van der Waals surface area contributed by atoms with Gasteiger partial charge in [-0.15, -0.1) is 5.10 Å². The largest absolute Gasteiger partial charge is 0.354 e. The monoisotopic (exact) mass is 378 g/mol. The standard InChI is InChI=1S/C23H30N4O/c1-17(2)20-8-9-21(25-24-20)27-13-11-23(16-27)10-5-12-26(22(23)28)15-19-7-4-6-18(3)14-19/h4,6-9,14,17H,5,10-13,15-16H2,1-3H3/t23-/m0/s1. The van der Waals surface area contributed by atoms with E-state index in [4.69, 9.17) is 0 Å². The number of aryl methyl sites for hydroxylation is 1. The maximum Gasteiger partial charge on any atom is 0.230 e. The summed E-state index contributed by atoms with van der Waals surface area (Å²) in [4.78, 5) is 17.7. The summed E-state index contributed by atoms with van der Waals surface area (Å²) in [5, 5.41) is 8.80. The summed E-state index contributed by atoms with van der Waals surface area (Å²) in [6, 6.07) is 12.6. The van der Waals surface area contributed by atoms with Crippen molar-refractivity contribution < 1.29 is 4.79 Å². The minimum absolute atomic E-state index is 0.263. The predicted molar refractivity (Wildman–Crippen MR) is 111 cm³/mol. The highest BCUT2D eigenvalue weighted by Gasteiger charge is 2.48. The molecule has 1 amide bonds. The van der Waals surface area contributed by atoms with Crippen LogP contribution in [0.15, 0.2) is 36.4 Å². The number of anilines is 1. The zero-order valence-corrected chi connectivity index (χ0v) is 17.2. The van der Waals surface area contributed by atoms with Crippen molar-refractivity contribution in [2.45, 2.75) is 52.5 Å². The van der Waals surface area contributed by atoms with Crippen molar-refractivity contribution in [1.82, 2.24) is 15.1 Å². The van der Waals surface area contributed by atoms with Crippen LogP contribution in [-0.4, -0.2) is 40.6 Å². The predicted octanol–water partition coefficient (Wildman–Crippen LogP) is 3.93. The zero-order chi connectivity index (χ0) is 19.7. The third-order valence-electron chi connectivity index (χ3n) is 6.22. The maximum atomic E-state index is 13.4. The molecule has 0 aliphatic carbocycles.